The van der Waals surface area contributed by atoms with Crippen molar-refractivity contribution in [3.8, 4) is 0 Å². The number of nitrogen functional groups attached to an aromatic ring is 1. The number of benzene rings is 1. The van der Waals surface area contributed by atoms with Crippen LogP contribution in [0.3, 0.4) is 0 Å². The third kappa shape index (κ3) is 16.2. The summed E-state index contributed by atoms with van der Waals surface area (Å²) in [5.41, 5.74) is 5.81. The van der Waals surface area contributed by atoms with Gasteiger partial charge in [0, 0.05) is 36.8 Å². The van der Waals surface area contributed by atoms with Crippen molar-refractivity contribution in [1.29, 1.82) is 0 Å². The number of nitrogens with two attached hydrogens (primary N) is 1. The summed E-state index contributed by atoms with van der Waals surface area (Å²) in [6, 6.07) is 8.36. The number of aromatic nitrogens is 4. The molecular weight excluding hydrogens is 1020 g/mol. The number of phosphoric acid groups is 3. The van der Waals surface area contributed by atoms with E-state index in [9.17, 15) is 67.8 Å². The molecule has 2 aliphatic carbocycles. The minimum absolute atomic E-state index is 0.0252. The van der Waals surface area contributed by atoms with E-state index in [4.69, 9.17) is 10.5 Å². The van der Waals surface area contributed by atoms with Crippen LogP contribution in [0.1, 0.15) is 115 Å². The molecule has 0 spiro atoms. The van der Waals surface area contributed by atoms with Gasteiger partial charge in [0.25, 0.3) is 15.6 Å². The number of carboxylic acid groups (broad SMARTS) is 1. The number of anilines is 1. The van der Waals surface area contributed by atoms with E-state index >= 15 is 0 Å². The maximum Gasteiger partial charge on any atom is 0.309 e. The molecule has 6 rings (SSSR count). The Balaban J connectivity index is 0.850. The maximum atomic E-state index is 13.1. The number of carbonyl (C=O) groups excluding carboxylic acids is 3. The van der Waals surface area contributed by atoms with Gasteiger partial charge >= 0.3 is 5.97 Å². The number of aliphatic hydroxyl groups excluding tert-OH is 2. The number of carboxylic acids is 1. The molecule has 406 valence electrons. The van der Waals surface area contributed by atoms with Crippen LogP contribution in [-0.4, -0.2) is 109 Å². The molecule has 3 heterocycles. The van der Waals surface area contributed by atoms with Gasteiger partial charge in [0.15, 0.2) is 17.7 Å². The number of unbranched alkanes of at least 4 members (excludes halogenated alkanes) is 3. The average Bonchev–Trinajstić information content (AvgIpc) is 4.23. The summed E-state index contributed by atoms with van der Waals surface area (Å²) in [4.78, 5) is 110. The number of rotatable bonds is 32. The topological polar surface area (TPSA) is 412 Å². The van der Waals surface area contributed by atoms with Crippen molar-refractivity contribution in [3.05, 3.63) is 48.0 Å². The van der Waals surface area contributed by atoms with Crippen molar-refractivity contribution >= 4 is 64.0 Å². The van der Waals surface area contributed by atoms with Crippen LogP contribution in [0.4, 0.5) is 5.82 Å². The average molecular weight is 1090 g/mol. The maximum absolute atomic E-state index is 13.1. The molecule has 3 fully saturated rings. The van der Waals surface area contributed by atoms with Crippen LogP contribution < -0.4 is 35.9 Å². The predicted molar refractivity (Wildman–Crippen MR) is 248 cm³/mol. The van der Waals surface area contributed by atoms with Crippen molar-refractivity contribution in [1.82, 2.24) is 30.2 Å². The fourth-order valence-corrected chi connectivity index (χ4v) is 11.6. The fourth-order valence-electron chi connectivity index (χ4n) is 8.82. The molecular formula is C44H62N7O19P3-4. The van der Waals surface area contributed by atoms with Crippen molar-refractivity contribution in [2.75, 3.05) is 32.0 Å². The molecule has 2 aromatic heterocycles. The Kier molecular flexibility index (Phi) is 19.3. The number of amides is 2. The Labute approximate surface area is 420 Å². The predicted octanol–water partition coefficient (Wildman–Crippen LogP) is 0.997. The molecule has 0 bridgehead atoms. The van der Waals surface area contributed by atoms with Crippen LogP contribution in [0.5, 0.6) is 0 Å². The second kappa shape index (κ2) is 24.3. The SMILES string of the molecule is CC(C)(COP(=O)([O-])OP(=O)([O-])OCC1OC(n2cnc3c(N)ncnc32)C(O)C1OP(=O)([O-])[O-])C(O)C(=O)NCCC(=O)NCCC(=O)C1(CCCCCc2ccccc2CCCCC2(C(=O)O)CC2)CC1. The summed E-state index contributed by atoms with van der Waals surface area (Å²) < 4.78 is 61.0. The number of hydrogen-bond acceptors (Lipinski definition) is 22. The first-order valence-electron chi connectivity index (χ1n) is 23.9. The Morgan fingerprint density at radius 1 is 0.877 bits per heavy atom. The van der Waals surface area contributed by atoms with Crippen molar-refractivity contribution in [3.63, 3.8) is 0 Å². The van der Waals surface area contributed by atoms with Crippen LogP contribution >= 0.6 is 23.5 Å². The van der Waals surface area contributed by atoms with Crippen LogP contribution in [0.25, 0.3) is 11.2 Å². The molecule has 2 amide bonds. The molecule has 73 heavy (non-hydrogen) atoms. The fraction of sp³-hybridized carbons (Fsp3) is 0.659. The summed E-state index contributed by atoms with van der Waals surface area (Å²) >= 11 is 0. The quantitative estimate of drug-likeness (QED) is 0.0375. The third-order valence-corrected chi connectivity index (χ3v) is 16.6. The van der Waals surface area contributed by atoms with E-state index in [2.05, 4.69) is 55.6 Å². The van der Waals surface area contributed by atoms with E-state index in [1.807, 2.05) is 12.1 Å². The highest BCUT2D eigenvalue weighted by Crippen LogP contribution is 2.57. The Morgan fingerprint density at radius 3 is 2.11 bits per heavy atom. The molecule has 0 radical (unpaired) electrons. The number of fused-ring (bicyclic) bond motifs is 1. The van der Waals surface area contributed by atoms with Crippen LogP contribution in [0, 0.1) is 16.2 Å². The van der Waals surface area contributed by atoms with Gasteiger partial charge in [0.05, 0.1) is 32.8 Å². The summed E-state index contributed by atoms with van der Waals surface area (Å²) in [6.07, 6.45) is 3.70. The first-order chi connectivity index (χ1) is 34.3. The Hall–Kier alpha value is -4.10. The van der Waals surface area contributed by atoms with Gasteiger partial charge in [-0.15, -0.1) is 0 Å². The number of Topliss-reactive ketones (excluding diaryl/α,β-unsaturated/α-hetero) is 1. The summed E-state index contributed by atoms with van der Waals surface area (Å²) in [6.45, 7) is -0.0259. The summed E-state index contributed by atoms with van der Waals surface area (Å²) in [5, 5.41) is 36.0. The monoisotopic (exact) mass is 1090 g/mol. The third-order valence-electron chi connectivity index (χ3n) is 13.6. The van der Waals surface area contributed by atoms with E-state index in [1.165, 1.54) is 25.0 Å². The van der Waals surface area contributed by atoms with Gasteiger partial charge < -0.3 is 74.1 Å². The van der Waals surface area contributed by atoms with Crippen molar-refractivity contribution in [2.24, 2.45) is 16.2 Å². The van der Waals surface area contributed by atoms with E-state index in [0.29, 0.717) is 0 Å². The Morgan fingerprint density at radius 2 is 1.48 bits per heavy atom. The Bertz CT molecular complexity index is 2590. The van der Waals surface area contributed by atoms with Gasteiger partial charge in [-0.2, -0.15) is 0 Å². The molecule has 2 saturated carbocycles. The minimum Gasteiger partial charge on any atom is -0.790 e. The molecule has 26 nitrogen and oxygen atoms in total. The zero-order chi connectivity index (χ0) is 53.4. The molecule has 3 aromatic rings. The zero-order valence-corrected chi connectivity index (χ0v) is 43.1. The lowest BCUT2D eigenvalue weighted by molar-refractivity contribution is -0.347. The first-order valence-corrected chi connectivity index (χ1v) is 28.3. The van der Waals surface area contributed by atoms with Crippen LogP contribution in [-0.2, 0) is 68.3 Å². The number of nitrogens with one attached hydrogen (secondary N) is 2. The number of ketones is 1. The molecule has 1 aromatic carbocycles. The number of aliphatic hydroxyl groups is 2. The second-order valence-electron chi connectivity index (χ2n) is 19.6. The lowest BCUT2D eigenvalue weighted by Crippen LogP contribution is -2.46. The van der Waals surface area contributed by atoms with Gasteiger partial charge in [0.1, 0.15) is 42.0 Å². The first kappa shape index (κ1) is 58.2. The molecule has 7 N–H and O–H groups in total. The van der Waals surface area contributed by atoms with E-state index in [-0.39, 0.29) is 54.1 Å². The van der Waals surface area contributed by atoms with E-state index in [1.54, 1.807) is 0 Å². The van der Waals surface area contributed by atoms with Gasteiger partial charge in [0.2, 0.25) is 11.8 Å². The number of aliphatic carboxylic acids is 1. The minimum atomic E-state index is -5.94. The number of imidazole rings is 1. The molecule has 1 aliphatic heterocycles. The number of carbonyl (C=O) groups is 4. The van der Waals surface area contributed by atoms with Crippen molar-refractivity contribution < 1.29 is 90.4 Å². The summed E-state index contributed by atoms with van der Waals surface area (Å²) in [5.74, 6) is -2.17. The zero-order valence-electron chi connectivity index (χ0n) is 40.4. The smallest absolute Gasteiger partial charge is 0.309 e. The summed E-state index contributed by atoms with van der Waals surface area (Å²) in [7, 11) is -17.7. The van der Waals surface area contributed by atoms with Crippen LogP contribution in [0.15, 0.2) is 36.9 Å². The highest BCUT2D eigenvalue weighted by molar-refractivity contribution is 7.59. The number of nitrogens with zero attached hydrogens (tertiary/aromatic N) is 4. The standard InChI is InChI=1S/C44H66N7O19P3/c1-42(2,25-67-73(64,65)70-72(62,63)66-24-30-35(69-71(59,60)61)34(54)40(68-30)51-27-50-33-37(45)48-26-49-38(33)51)36(55)39(56)47-23-15-32(53)46-22-14-31(52)43(18-19-43)16-8-3-4-10-28-11-5-6-12-29(28)13-7-9-17-44(20-21-44)41(57)58/h5-6,11-12,26-27,30,34-36,40,54-55H,3-4,7-10,13-25H2,1-2H3,(H,46,53)(H,47,56)(H,57,58)(H,62,63)(H,64,65)(H2,45,48,49)(H2,59,60,61)/p-4. The van der Waals surface area contributed by atoms with Crippen molar-refractivity contribution in [2.45, 2.75) is 141 Å². The number of phosphoric ester groups is 3. The number of aryl methyl sites for hydroxylation is 2. The van der Waals surface area contributed by atoms with Gasteiger partial charge in [-0.05, 0) is 75.3 Å². The largest absolute Gasteiger partial charge is 0.790 e. The molecule has 3 aliphatic rings. The van der Waals surface area contributed by atoms with E-state index < -0.39 is 95.9 Å². The van der Waals surface area contributed by atoms with Crippen LogP contribution in [0.2, 0.25) is 0 Å². The van der Waals surface area contributed by atoms with Gasteiger partial charge in [-0.3, -0.25) is 32.9 Å². The lowest BCUT2D eigenvalue weighted by atomic mass is 9.87. The number of ether oxygens (including phenoxy) is 1. The highest BCUT2D eigenvalue weighted by atomic mass is 31.3. The molecule has 7 unspecified atom stereocenters. The molecule has 29 heteroatoms. The highest BCUT2D eigenvalue weighted by Gasteiger charge is 2.50. The van der Waals surface area contributed by atoms with E-state index in [0.717, 1.165) is 101 Å². The molecule has 1 saturated heterocycles. The molecule has 7 atom stereocenters. The van der Waals surface area contributed by atoms with Gasteiger partial charge in [-0.25, -0.2) is 19.3 Å². The number of hydrogen-bond donors (Lipinski definition) is 6. The normalized spacial score (nSPS) is 22.2. The van der Waals surface area contributed by atoms with Gasteiger partial charge in [-0.1, -0.05) is 57.4 Å². The second-order valence-corrected chi connectivity index (χ2v) is 23.6. The lowest BCUT2D eigenvalue weighted by Gasteiger charge is -2.36.